The first-order valence-corrected chi connectivity index (χ1v) is 5.96. The smallest absolute Gasteiger partial charge is 0.180 e. The first-order chi connectivity index (χ1) is 6.56. The minimum absolute atomic E-state index is 0.195. The summed E-state index contributed by atoms with van der Waals surface area (Å²) < 4.78 is 23.1. The molecule has 0 N–H and O–H groups in total. The lowest BCUT2D eigenvalue weighted by atomic mass is 10.4. The van der Waals surface area contributed by atoms with E-state index in [0.717, 1.165) is 0 Å². The maximum Gasteiger partial charge on any atom is 0.180 e. The lowest BCUT2D eigenvalue weighted by Gasteiger charge is -2.03. The molecule has 0 spiro atoms. The predicted octanol–water partition coefficient (Wildman–Crippen LogP) is 1.59. The summed E-state index contributed by atoms with van der Waals surface area (Å²) in [5.74, 6) is -0.352. The highest BCUT2D eigenvalue weighted by Crippen LogP contribution is 2.12. The number of alkyl halides is 1. The Kier molecular flexibility index (Phi) is 3.50. The van der Waals surface area contributed by atoms with Crippen LogP contribution in [0.4, 0.5) is 0 Å². The van der Waals surface area contributed by atoms with E-state index in [-0.39, 0.29) is 10.6 Å². The van der Waals surface area contributed by atoms with Crippen molar-refractivity contribution in [3.63, 3.8) is 0 Å². The number of hydrogen-bond donors (Lipinski definition) is 0. The summed E-state index contributed by atoms with van der Waals surface area (Å²) in [6.07, 6.45) is 0. The molecule has 0 aliphatic rings. The third kappa shape index (κ3) is 2.72. The molecular formula is C9H8ClNO2S. The summed E-state index contributed by atoms with van der Waals surface area (Å²) in [7, 11) is -3.43. The standard InChI is InChI=1S/C9H8ClNO2S/c10-8(6-11)7-14(12,13)9-4-2-1-3-5-9/h1-5,8H,7H2. The van der Waals surface area contributed by atoms with Gasteiger partial charge in [0.2, 0.25) is 0 Å². The molecule has 0 radical (unpaired) electrons. The maximum atomic E-state index is 11.6. The molecule has 3 nitrogen and oxygen atoms in total. The third-order valence-electron chi connectivity index (χ3n) is 1.61. The molecule has 1 rings (SSSR count). The Morgan fingerprint density at radius 2 is 1.93 bits per heavy atom. The van der Waals surface area contributed by atoms with E-state index in [9.17, 15) is 8.42 Å². The number of halogens is 1. The molecule has 0 aliphatic carbocycles. The van der Waals surface area contributed by atoms with E-state index in [4.69, 9.17) is 16.9 Å². The van der Waals surface area contributed by atoms with Gasteiger partial charge in [0, 0.05) is 0 Å². The van der Waals surface area contributed by atoms with Crippen LogP contribution in [0.25, 0.3) is 0 Å². The Balaban J connectivity index is 2.94. The van der Waals surface area contributed by atoms with Gasteiger partial charge in [-0.1, -0.05) is 18.2 Å². The Bertz CT molecular complexity index is 436. The molecule has 1 atom stereocenters. The first kappa shape index (κ1) is 11.0. The van der Waals surface area contributed by atoms with Crippen LogP contribution in [0.1, 0.15) is 0 Å². The van der Waals surface area contributed by atoms with Crippen molar-refractivity contribution in [1.82, 2.24) is 0 Å². The molecule has 0 aliphatic heterocycles. The zero-order valence-electron chi connectivity index (χ0n) is 7.22. The van der Waals surface area contributed by atoms with E-state index in [1.807, 2.05) is 0 Å². The van der Waals surface area contributed by atoms with E-state index in [0.29, 0.717) is 0 Å². The van der Waals surface area contributed by atoms with Gasteiger partial charge in [-0.2, -0.15) is 5.26 Å². The lowest BCUT2D eigenvalue weighted by molar-refractivity contribution is 0.596. The Morgan fingerprint density at radius 3 is 2.43 bits per heavy atom. The van der Waals surface area contributed by atoms with Crippen LogP contribution in [0.5, 0.6) is 0 Å². The zero-order valence-corrected chi connectivity index (χ0v) is 8.79. The SMILES string of the molecule is N#CC(Cl)CS(=O)(=O)c1ccccc1. The van der Waals surface area contributed by atoms with Gasteiger partial charge in [-0.15, -0.1) is 11.6 Å². The fraction of sp³-hybridized carbons (Fsp3) is 0.222. The molecule has 1 aromatic rings. The Morgan fingerprint density at radius 1 is 1.36 bits per heavy atom. The number of nitriles is 1. The molecule has 0 aromatic heterocycles. The number of benzene rings is 1. The summed E-state index contributed by atoms with van der Waals surface area (Å²) >= 11 is 5.46. The second kappa shape index (κ2) is 4.45. The third-order valence-corrected chi connectivity index (χ3v) is 3.81. The van der Waals surface area contributed by atoms with Crippen molar-refractivity contribution >= 4 is 21.4 Å². The monoisotopic (exact) mass is 229 g/mol. The quantitative estimate of drug-likeness (QED) is 0.740. The first-order valence-electron chi connectivity index (χ1n) is 3.88. The van der Waals surface area contributed by atoms with Crippen molar-refractivity contribution < 1.29 is 8.42 Å². The summed E-state index contributed by atoms with van der Waals surface area (Å²) in [5, 5.41) is 7.40. The van der Waals surface area contributed by atoms with E-state index in [1.54, 1.807) is 24.3 Å². The molecule has 0 bridgehead atoms. The van der Waals surface area contributed by atoms with Crippen molar-refractivity contribution in [2.24, 2.45) is 0 Å². The minimum atomic E-state index is -3.43. The number of hydrogen-bond acceptors (Lipinski definition) is 3. The molecular weight excluding hydrogens is 222 g/mol. The highest BCUT2D eigenvalue weighted by molar-refractivity contribution is 7.91. The van der Waals surface area contributed by atoms with Gasteiger partial charge in [0.15, 0.2) is 9.84 Å². The average Bonchev–Trinajstić information content (AvgIpc) is 2.18. The molecule has 0 fully saturated rings. The topological polar surface area (TPSA) is 57.9 Å². The van der Waals surface area contributed by atoms with Crippen molar-refractivity contribution in [3.8, 4) is 6.07 Å². The second-order valence-electron chi connectivity index (χ2n) is 2.69. The fourth-order valence-electron chi connectivity index (χ4n) is 0.954. The largest absolute Gasteiger partial charge is 0.224 e. The molecule has 1 aromatic carbocycles. The predicted molar refractivity (Wildman–Crippen MR) is 53.7 cm³/mol. The highest BCUT2D eigenvalue weighted by Gasteiger charge is 2.18. The average molecular weight is 230 g/mol. The van der Waals surface area contributed by atoms with Crippen LogP contribution in [0.15, 0.2) is 35.2 Å². The molecule has 0 amide bonds. The van der Waals surface area contributed by atoms with E-state index in [2.05, 4.69) is 0 Å². The van der Waals surface area contributed by atoms with Crippen LogP contribution in [-0.4, -0.2) is 19.5 Å². The van der Waals surface area contributed by atoms with Crippen LogP contribution < -0.4 is 0 Å². The summed E-state index contributed by atoms with van der Waals surface area (Å²) in [6, 6.07) is 9.62. The number of nitrogens with zero attached hydrogens (tertiary/aromatic N) is 1. The van der Waals surface area contributed by atoms with Gasteiger partial charge in [-0.25, -0.2) is 8.42 Å². The molecule has 1 unspecified atom stereocenters. The van der Waals surface area contributed by atoms with Crippen LogP contribution in [0.3, 0.4) is 0 Å². The minimum Gasteiger partial charge on any atom is -0.224 e. The fourth-order valence-corrected chi connectivity index (χ4v) is 2.68. The van der Waals surface area contributed by atoms with Crippen LogP contribution in [0.2, 0.25) is 0 Å². The zero-order chi connectivity index (χ0) is 10.6. The summed E-state index contributed by atoms with van der Waals surface area (Å²) in [5.41, 5.74) is 0. The summed E-state index contributed by atoms with van der Waals surface area (Å²) in [6.45, 7) is 0. The van der Waals surface area contributed by atoms with E-state index in [1.165, 1.54) is 12.1 Å². The van der Waals surface area contributed by atoms with Crippen molar-refractivity contribution in [2.75, 3.05) is 5.75 Å². The summed E-state index contributed by atoms with van der Waals surface area (Å²) in [4.78, 5) is 0.195. The Hall–Kier alpha value is -1.05. The van der Waals surface area contributed by atoms with Gasteiger partial charge < -0.3 is 0 Å². The van der Waals surface area contributed by atoms with Crippen molar-refractivity contribution in [2.45, 2.75) is 10.3 Å². The molecule has 0 heterocycles. The van der Waals surface area contributed by atoms with Gasteiger partial charge >= 0.3 is 0 Å². The van der Waals surface area contributed by atoms with Crippen molar-refractivity contribution in [3.05, 3.63) is 30.3 Å². The van der Waals surface area contributed by atoms with Crippen LogP contribution in [0, 0.1) is 11.3 Å². The normalized spacial score (nSPS) is 13.1. The van der Waals surface area contributed by atoms with Crippen LogP contribution >= 0.6 is 11.6 Å². The lowest BCUT2D eigenvalue weighted by Crippen LogP contribution is -2.14. The molecule has 5 heteroatoms. The maximum absolute atomic E-state index is 11.6. The van der Waals surface area contributed by atoms with Gasteiger partial charge in [-0.05, 0) is 12.1 Å². The Labute approximate surface area is 87.8 Å². The van der Waals surface area contributed by atoms with Crippen LogP contribution in [-0.2, 0) is 9.84 Å². The number of sulfone groups is 1. The second-order valence-corrected chi connectivity index (χ2v) is 5.25. The van der Waals surface area contributed by atoms with Gasteiger partial charge in [0.05, 0.1) is 16.7 Å². The molecule has 0 saturated carbocycles. The highest BCUT2D eigenvalue weighted by atomic mass is 35.5. The molecule has 14 heavy (non-hydrogen) atoms. The number of rotatable bonds is 3. The van der Waals surface area contributed by atoms with E-state index < -0.39 is 15.2 Å². The van der Waals surface area contributed by atoms with Gasteiger partial charge in [-0.3, -0.25) is 0 Å². The van der Waals surface area contributed by atoms with Gasteiger partial charge in [0.25, 0.3) is 0 Å². The van der Waals surface area contributed by atoms with E-state index >= 15 is 0 Å². The molecule has 74 valence electrons. The van der Waals surface area contributed by atoms with Crippen molar-refractivity contribution in [1.29, 1.82) is 5.26 Å². The molecule has 0 saturated heterocycles. The van der Waals surface area contributed by atoms with Gasteiger partial charge in [0.1, 0.15) is 5.38 Å².